The summed E-state index contributed by atoms with van der Waals surface area (Å²) >= 11 is 2.84. The summed E-state index contributed by atoms with van der Waals surface area (Å²) in [6.07, 6.45) is 7.41. The van der Waals surface area contributed by atoms with Crippen molar-refractivity contribution in [3.05, 3.63) is 22.4 Å². The predicted octanol–water partition coefficient (Wildman–Crippen LogP) is 1.38. The van der Waals surface area contributed by atoms with E-state index in [0.717, 1.165) is 6.42 Å². The Hall–Kier alpha value is 0.103. The van der Waals surface area contributed by atoms with Crippen LogP contribution in [0.25, 0.3) is 0 Å². The molecule has 0 amide bonds. The first kappa shape index (κ1) is 4.27. The van der Waals surface area contributed by atoms with E-state index in [4.69, 9.17) is 0 Å². The monoisotopic (exact) mass is 168 g/mol. The zero-order valence-corrected chi connectivity index (χ0v) is 4.91. The molecule has 0 radical (unpaired) electrons. The molecule has 0 aliphatic heterocycles. The molecule has 0 unspecified atom stereocenters. The van der Waals surface area contributed by atoms with Crippen molar-refractivity contribution in [1.82, 2.24) is 0 Å². The van der Waals surface area contributed by atoms with Crippen LogP contribution in [0.3, 0.4) is 0 Å². The van der Waals surface area contributed by atoms with Gasteiger partial charge in [-0.15, -0.1) is 0 Å². The maximum absolute atomic E-state index is 2.84. The van der Waals surface area contributed by atoms with Crippen LogP contribution in [0.4, 0.5) is 0 Å². The fourth-order valence-corrected chi connectivity index (χ4v) is 0.762. The molecule has 0 spiro atoms. The number of rotatable bonds is 0. The van der Waals surface area contributed by atoms with Gasteiger partial charge in [-0.3, -0.25) is 0 Å². The molecule has 0 N–H and O–H groups in total. The molecular formula is C5H5Rh. The molecule has 0 bridgehead atoms. The Morgan fingerprint density at radius 1 is 1.67 bits per heavy atom. The summed E-state index contributed by atoms with van der Waals surface area (Å²) < 4.78 is 1.36. The molecular weight excluding hydrogens is 163 g/mol. The Labute approximate surface area is 47.6 Å². The van der Waals surface area contributed by atoms with Crippen molar-refractivity contribution in [1.29, 1.82) is 0 Å². The van der Waals surface area contributed by atoms with Gasteiger partial charge in [0.2, 0.25) is 0 Å². The first-order valence-electron chi connectivity index (χ1n) is 1.88. The molecule has 0 saturated heterocycles. The van der Waals surface area contributed by atoms with Gasteiger partial charge in [-0.05, 0) is 0 Å². The predicted molar refractivity (Wildman–Crippen MR) is 21.8 cm³/mol. The molecule has 0 atom stereocenters. The summed E-state index contributed by atoms with van der Waals surface area (Å²) in [5.74, 6) is 0. The van der Waals surface area contributed by atoms with Crippen LogP contribution in [0.2, 0.25) is 0 Å². The minimum absolute atomic E-state index is 1.12. The topological polar surface area (TPSA) is 0 Å². The van der Waals surface area contributed by atoms with Crippen molar-refractivity contribution in [2.45, 2.75) is 6.42 Å². The van der Waals surface area contributed by atoms with Gasteiger partial charge in [-0.2, -0.15) is 0 Å². The number of hydrogen-bond acceptors (Lipinski definition) is 0. The second kappa shape index (κ2) is 1.70. The first-order valence-corrected chi connectivity index (χ1v) is 2.70. The van der Waals surface area contributed by atoms with Crippen LogP contribution >= 0.6 is 0 Å². The van der Waals surface area contributed by atoms with E-state index in [1.807, 2.05) is 0 Å². The molecule has 1 aliphatic carbocycles. The van der Waals surface area contributed by atoms with Gasteiger partial charge in [0.15, 0.2) is 0 Å². The van der Waals surface area contributed by atoms with Crippen LogP contribution in [0.1, 0.15) is 6.42 Å². The van der Waals surface area contributed by atoms with E-state index in [0.29, 0.717) is 0 Å². The Morgan fingerprint density at radius 2 is 2.50 bits per heavy atom. The summed E-state index contributed by atoms with van der Waals surface area (Å²) in [7, 11) is 0. The Kier molecular flexibility index (Phi) is 1.21. The average Bonchev–Trinajstić information content (AvgIpc) is 1.86. The SMILES string of the molecule is [Rh][C]1=CC=CC1. The van der Waals surface area contributed by atoms with Crippen molar-refractivity contribution < 1.29 is 18.3 Å². The molecule has 0 nitrogen and oxygen atoms in total. The summed E-state index contributed by atoms with van der Waals surface area (Å²) in [5, 5.41) is 0. The third kappa shape index (κ3) is 0.783. The van der Waals surface area contributed by atoms with Crippen LogP contribution < -0.4 is 0 Å². The summed E-state index contributed by atoms with van der Waals surface area (Å²) in [6.45, 7) is 0. The van der Waals surface area contributed by atoms with Gasteiger partial charge < -0.3 is 0 Å². The molecule has 0 heterocycles. The molecule has 1 heteroatoms. The van der Waals surface area contributed by atoms with Crippen molar-refractivity contribution >= 4 is 0 Å². The molecule has 1 aliphatic rings. The molecule has 0 aromatic rings. The van der Waals surface area contributed by atoms with Gasteiger partial charge in [0.05, 0.1) is 0 Å². The fraction of sp³-hybridized carbons (Fsp3) is 0.200. The third-order valence-electron chi connectivity index (χ3n) is 0.709. The van der Waals surface area contributed by atoms with E-state index in [2.05, 4.69) is 36.5 Å². The molecule has 0 saturated carbocycles. The quantitative estimate of drug-likeness (QED) is 0.479. The van der Waals surface area contributed by atoms with Gasteiger partial charge in [0.1, 0.15) is 0 Å². The third-order valence-corrected chi connectivity index (χ3v) is 1.32. The van der Waals surface area contributed by atoms with E-state index in [-0.39, 0.29) is 0 Å². The zero-order valence-electron chi connectivity index (χ0n) is 3.27. The van der Waals surface area contributed by atoms with Gasteiger partial charge in [-0.1, -0.05) is 0 Å². The van der Waals surface area contributed by atoms with E-state index in [9.17, 15) is 0 Å². The minimum atomic E-state index is 1.12. The van der Waals surface area contributed by atoms with Crippen LogP contribution in [-0.2, 0) is 18.3 Å². The molecule has 0 aromatic heterocycles. The van der Waals surface area contributed by atoms with Gasteiger partial charge in [0.25, 0.3) is 0 Å². The second-order valence-corrected chi connectivity index (χ2v) is 2.27. The van der Waals surface area contributed by atoms with Gasteiger partial charge in [0, 0.05) is 0 Å². The van der Waals surface area contributed by atoms with Crippen LogP contribution in [-0.4, -0.2) is 0 Å². The summed E-state index contributed by atoms with van der Waals surface area (Å²) in [5.41, 5.74) is 0. The zero-order chi connectivity index (χ0) is 4.41. The normalized spacial score (nSPS) is 18.7. The number of allylic oxidation sites excluding steroid dienone is 4. The maximum atomic E-state index is 2.84. The molecule has 34 valence electrons. The van der Waals surface area contributed by atoms with Crippen molar-refractivity contribution in [3.8, 4) is 0 Å². The van der Waals surface area contributed by atoms with E-state index < -0.39 is 0 Å². The Bertz CT molecular complexity index is 101. The Balaban J connectivity index is 2.61. The standard InChI is InChI=1S/C5H5.Rh/c1-2-4-5-3-1;/h1-3H,4H2;. The van der Waals surface area contributed by atoms with E-state index >= 15 is 0 Å². The second-order valence-electron chi connectivity index (χ2n) is 1.22. The molecule has 1 rings (SSSR count). The van der Waals surface area contributed by atoms with Gasteiger partial charge >= 0.3 is 47.1 Å². The van der Waals surface area contributed by atoms with E-state index in [1.54, 1.807) is 0 Å². The summed E-state index contributed by atoms with van der Waals surface area (Å²) in [4.78, 5) is 0. The average molecular weight is 168 g/mol. The van der Waals surface area contributed by atoms with Crippen LogP contribution in [0.15, 0.2) is 22.4 Å². The van der Waals surface area contributed by atoms with Crippen molar-refractivity contribution in [3.63, 3.8) is 0 Å². The summed E-state index contributed by atoms with van der Waals surface area (Å²) in [6, 6.07) is 0. The van der Waals surface area contributed by atoms with Crippen molar-refractivity contribution in [2.24, 2.45) is 0 Å². The number of hydrogen-bond donors (Lipinski definition) is 0. The van der Waals surface area contributed by atoms with Crippen LogP contribution in [0.5, 0.6) is 0 Å². The van der Waals surface area contributed by atoms with Crippen molar-refractivity contribution in [2.75, 3.05) is 0 Å². The first-order chi connectivity index (χ1) is 2.89. The van der Waals surface area contributed by atoms with E-state index in [1.165, 1.54) is 4.17 Å². The molecule has 6 heavy (non-hydrogen) atoms. The molecule has 0 fully saturated rings. The van der Waals surface area contributed by atoms with Crippen LogP contribution in [0, 0.1) is 0 Å². The Morgan fingerprint density at radius 3 is 2.67 bits per heavy atom. The molecule has 0 aromatic carbocycles. The fourth-order valence-electron chi connectivity index (χ4n) is 0.412. The van der Waals surface area contributed by atoms with Gasteiger partial charge in [-0.25, -0.2) is 0 Å².